The number of nitrogens with one attached hydrogen (secondary N) is 1. The van der Waals surface area contributed by atoms with Gasteiger partial charge in [-0.05, 0) is 12.1 Å². The highest BCUT2D eigenvalue weighted by Gasteiger charge is 2.23. The number of carbonyl (C=O) groups excluding carboxylic acids is 2. The number of rotatable bonds is 6. The summed E-state index contributed by atoms with van der Waals surface area (Å²) in [6.45, 7) is 0.225. The molecule has 0 spiro atoms. The number of para-hydroxylation sites is 2. The largest absolute Gasteiger partial charge is 0.496 e. The Kier molecular flexibility index (Phi) is 5.73. The van der Waals surface area contributed by atoms with Gasteiger partial charge in [0.2, 0.25) is 0 Å². The zero-order chi connectivity index (χ0) is 18.4. The molecule has 1 aliphatic rings. The molecule has 3 rings (SSSR count). The van der Waals surface area contributed by atoms with Crippen LogP contribution < -0.4 is 14.8 Å². The number of methoxy groups -OCH3 is 1. The van der Waals surface area contributed by atoms with Crippen LogP contribution in [-0.2, 0) is 20.7 Å². The van der Waals surface area contributed by atoms with Crippen molar-refractivity contribution >= 4 is 11.9 Å². The molecule has 0 saturated heterocycles. The molecule has 0 aliphatic carbocycles. The first-order chi connectivity index (χ1) is 12.7. The van der Waals surface area contributed by atoms with Gasteiger partial charge in [0.25, 0.3) is 5.91 Å². The summed E-state index contributed by atoms with van der Waals surface area (Å²) in [6, 6.07) is 14.7. The molecule has 1 N–H and O–H groups in total. The van der Waals surface area contributed by atoms with Gasteiger partial charge in [0.1, 0.15) is 11.5 Å². The lowest BCUT2D eigenvalue weighted by Gasteiger charge is -2.26. The Bertz CT molecular complexity index is 789. The maximum Gasteiger partial charge on any atom is 0.310 e. The lowest BCUT2D eigenvalue weighted by Crippen LogP contribution is -2.35. The summed E-state index contributed by atoms with van der Waals surface area (Å²) in [5.74, 6) is 0.585. The zero-order valence-corrected chi connectivity index (χ0v) is 14.6. The number of hydrogen-bond acceptors (Lipinski definition) is 5. The molecule has 136 valence electrons. The fourth-order valence-corrected chi connectivity index (χ4v) is 2.93. The number of benzene rings is 2. The minimum Gasteiger partial charge on any atom is -0.496 e. The van der Waals surface area contributed by atoms with E-state index < -0.39 is 5.97 Å². The van der Waals surface area contributed by atoms with Gasteiger partial charge in [0.15, 0.2) is 6.61 Å². The normalized spacial score (nSPS) is 15.3. The van der Waals surface area contributed by atoms with E-state index in [2.05, 4.69) is 5.32 Å². The van der Waals surface area contributed by atoms with Crippen molar-refractivity contribution in [1.29, 1.82) is 0 Å². The van der Waals surface area contributed by atoms with Crippen molar-refractivity contribution in [2.45, 2.75) is 18.9 Å². The van der Waals surface area contributed by atoms with E-state index in [9.17, 15) is 9.59 Å². The lowest BCUT2D eigenvalue weighted by molar-refractivity contribution is -0.148. The van der Waals surface area contributed by atoms with Gasteiger partial charge in [-0.25, -0.2) is 0 Å². The van der Waals surface area contributed by atoms with Crippen molar-refractivity contribution in [3.63, 3.8) is 0 Å². The summed E-state index contributed by atoms with van der Waals surface area (Å²) in [4.78, 5) is 24.1. The minimum absolute atomic E-state index is 0.0530. The Morgan fingerprint density at radius 2 is 1.92 bits per heavy atom. The van der Waals surface area contributed by atoms with E-state index in [0.29, 0.717) is 18.8 Å². The molecule has 0 aromatic heterocycles. The average Bonchev–Trinajstić information content (AvgIpc) is 2.67. The molecule has 2 aromatic rings. The molecular formula is C20H21NO5. The zero-order valence-electron chi connectivity index (χ0n) is 14.6. The highest BCUT2D eigenvalue weighted by molar-refractivity contribution is 5.81. The van der Waals surface area contributed by atoms with Crippen LogP contribution in [0.5, 0.6) is 11.5 Å². The van der Waals surface area contributed by atoms with Crippen molar-refractivity contribution < 1.29 is 23.8 Å². The SMILES string of the molecule is COc1ccccc1CC(=O)OCC(=O)NC1CCOc2ccccc21. The van der Waals surface area contributed by atoms with E-state index in [1.807, 2.05) is 36.4 Å². The summed E-state index contributed by atoms with van der Waals surface area (Å²) in [5.41, 5.74) is 1.66. The van der Waals surface area contributed by atoms with Gasteiger partial charge in [-0.2, -0.15) is 0 Å². The van der Waals surface area contributed by atoms with E-state index in [1.165, 1.54) is 0 Å². The number of amides is 1. The first-order valence-electron chi connectivity index (χ1n) is 8.46. The summed E-state index contributed by atoms with van der Waals surface area (Å²) < 4.78 is 15.9. The third-order valence-electron chi connectivity index (χ3n) is 4.19. The third kappa shape index (κ3) is 4.33. The first-order valence-corrected chi connectivity index (χ1v) is 8.46. The van der Waals surface area contributed by atoms with Gasteiger partial charge in [0, 0.05) is 17.5 Å². The van der Waals surface area contributed by atoms with Crippen molar-refractivity contribution in [3.05, 3.63) is 59.7 Å². The number of ether oxygens (including phenoxy) is 3. The molecule has 0 fully saturated rings. The Balaban J connectivity index is 1.51. The summed E-state index contributed by atoms with van der Waals surface area (Å²) >= 11 is 0. The molecule has 6 nitrogen and oxygen atoms in total. The average molecular weight is 355 g/mol. The fraction of sp³-hybridized carbons (Fsp3) is 0.300. The molecule has 26 heavy (non-hydrogen) atoms. The Morgan fingerprint density at radius 3 is 2.77 bits per heavy atom. The van der Waals surface area contributed by atoms with Gasteiger partial charge in [-0.3, -0.25) is 9.59 Å². The molecule has 1 amide bonds. The van der Waals surface area contributed by atoms with Gasteiger partial charge < -0.3 is 19.5 Å². The van der Waals surface area contributed by atoms with E-state index in [1.54, 1.807) is 19.2 Å². The van der Waals surface area contributed by atoms with Crippen LogP contribution in [0.3, 0.4) is 0 Å². The minimum atomic E-state index is -0.475. The molecule has 1 atom stereocenters. The van der Waals surface area contributed by atoms with E-state index in [-0.39, 0.29) is 25.0 Å². The van der Waals surface area contributed by atoms with E-state index >= 15 is 0 Å². The van der Waals surface area contributed by atoms with Crippen molar-refractivity contribution in [2.24, 2.45) is 0 Å². The van der Waals surface area contributed by atoms with Crippen molar-refractivity contribution in [1.82, 2.24) is 5.32 Å². The summed E-state index contributed by atoms with van der Waals surface area (Å²) in [6.07, 6.45) is 0.731. The highest BCUT2D eigenvalue weighted by Crippen LogP contribution is 2.31. The second kappa shape index (κ2) is 8.38. The van der Waals surface area contributed by atoms with Crippen LogP contribution in [-0.4, -0.2) is 32.2 Å². The Hall–Kier alpha value is -3.02. The standard InChI is InChI=1S/C20H21NO5/c1-24-17-8-4-2-6-14(17)12-20(23)26-13-19(22)21-16-10-11-25-18-9-5-3-7-15(16)18/h2-9,16H,10-13H2,1H3,(H,21,22). The maximum absolute atomic E-state index is 12.1. The van der Waals surface area contributed by atoms with Crippen LogP contribution >= 0.6 is 0 Å². The highest BCUT2D eigenvalue weighted by atomic mass is 16.5. The predicted octanol–water partition coefficient (Wildman–Crippen LogP) is 2.42. The second-order valence-electron chi connectivity index (χ2n) is 5.94. The van der Waals surface area contributed by atoms with E-state index in [0.717, 1.165) is 16.9 Å². The van der Waals surface area contributed by atoms with Crippen molar-refractivity contribution in [2.75, 3.05) is 20.3 Å². The van der Waals surface area contributed by atoms with Gasteiger partial charge >= 0.3 is 5.97 Å². The Morgan fingerprint density at radius 1 is 1.15 bits per heavy atom. The third-order valence-corrected chi connectivity index (χ3v) is 4.19. The smallest absolute Gasteiger partial charge is 0.310 e. The summed E-state index contributed by atoms with van der Waals surface area (Å²) in [7, 11) is 1.54. The number of fused-ring (bicyclic) bond motifs is 1. The van der Waals surface area contributed by atoms with Gasteiger partial charge in [-0.1, -0.05) is 36.4 Å². The molecule has 0 bridgehead atoms. The monoisotopic (exact) mass is 355 g/mol. The molecule has 1 unspecified atom stereocenters. The second-order valence-corrected chi connectivity index (χ2v) is 5.94. The Labute approximate surface area is 152 Å². The molecule has 0 radical (unpaired) electrons. The van der Waals surface area contributed by atoms with E-state index in [4.69, 9.17) is 14.2 Å². The first kappa shape index (κ1) is 17.8. The maximum atomic E-state index is 12.1. The van der Waals surface area contributed by atoms with Crippen LogP contribution in [0.15, 0.2) is 48.5 Å². The van der Waals surface area contributed by atoms with Crippen LogP contribution in [0.4, 0.5) is 0 Å². The van der Waals surface area contributed by atoms with Gasteiger partial charge in [0.05, 0.1) is 26.2 Å². The number of carbonyl (C=O) groups is 2. The lowest BCUT2D eigenvalue weighted by atomic mass is 10.0. The molecular weight excluding hydrogens is 334 g/mol. The van der Waals surface area contributed by atoms with Crippen LogP contribution in [0.2, 0.25) is 0 Å². The van der Waals surface area contributed by atoms with Crippen LogP contribution in [0, 0.1) is 0 Å². The number of esters is 1. The van der Waals surface area contributed by atoms with Crippen LogP contribution in [0.1, 0.15) is 23.6 Å². The topological polar surface area (TPSA) is 73.9 Å². The summed E-state index contributed by atoms with van der Waals surface area (Å²) in [5, 5.41) is 2.90. The predicted molar refractivity (Wildman–Crippen MR) is 95.1 cm³/mol. The van der Waals surface area contributed by atoms with Crippen LogP contribution in [0.25, 0.3) is 0 Å². The quantitative estimate of drug-likeness (QED) is 0.806. The van der Waals surface area contributed by atoms with Crippen molar-refractivity contribution in [3.8, 4) is 11.5 Å². The van der Waals surface area contributed by atoms with Gasteiger partial charge in [-0.15, -0.1) is 0 Å². The fourth-order valence-electron chi connectivity index (χ4n) is 2.93. The number of hydrogen-bond donors (Lipinski definition) is 1. The molecule has 1 heterocycles. The molecule has 0 saturated carbocycles. The molecule has 2 aromatic carbocycles. The molecule has 1 aliphatic heterocycles. The molecule has 6 heteroatoms.